The average molecular weight is 228 g/mol. The molecule has 1 rings (SSSR count). The van der Waals surface area contributed by atoms with Crippen molar-refractivity contribution in [3.63, 3.8) is 0 Å². The van der Waals surface area contributed by atoms with Gasteiger partial charge in [-0.05, 0) is 18.6 Å². The van der Waals surface area contributed by atoms with Gasteiger partial charge >= 0.3 is 0 Å². The highest BCUT2D eigenvalue weighted by atomic mass is 32.2. The van der Waals surface area contributed by atoms with Gasteiger partial charge in [-0.25, -0.2) is 8.42 Å². The minimum atomic E-state index is -3.10. The summed E-state index contributed by atoms with van der Waals surface area (Å²) in [5.74, 6) is 0.140. The average Bonchev–Trinajstić information content (AvgIpc) is 2.27. The summed E-state index contributed by atoms with van der Waals surface area (Å²) in [5, 5.41) is 0. The summed E-state index contributed by atoms with van der Waals surface area (Å²) in [7, 11) is -3.10. The van der Waals surface area contributed by atoms with Crippen LogP contribution in [0.5, 0.6) is 0 Å². The number of rotatable bonds is 5. The predicted octanol–water partition coefficient (Wildman–Crippen LogP) is 1.25. The van der Waals surface area contributed by atoms with Gasteiger partial charge in [0.25, 0.3) is 0 Å². The van der Waals surface area contributed by atoms with Gasteiger partial charge < -0.3 is 0 Å². The van der Waals surface area contributed by atoms with Gasteiger partial charge in [-0.15, -0.1) is 0 Å². The SMILES string of the molecule is CCN(Cc1cccnc1)S(=O)(=O)CC. The van der Waals surface area contributed by atoms with Crippen molar-refractivity contribution in [1.82, 2.24) is 9.29 Å². The lowest BCUT2D eigenvalue weighted by Gasteiger charge is -2.19. The fraction of sp³-hybridized carbons (Fsp3) is 0.500. The van der Waals surface area contributed by atoms with Gasteiger partial charge in [0.15, 0.2) is 0 Å². The predicted molar refractivity (Wildman–Crippen MR) is 59.8 cm³/mol. The summed E-state index contributed by atoms with van der Waals surface area (Å²) in [6, 6.07) is 3.68. The second-order valence-corrected chi connectivity index (χ2v) is 5.45. The Labute approximate surface area is 91.0 Å². The molecule has 1 aromatic rings. The molecule has 1 aromatic heterocycles. The Balaban J connectivity index is 2.80. The van der Waals surface area contributed by atoms with Crippen LogP contribution in [0.4, 0.5) is 0 Å². The highest BCUT2D eigenvalue weighted by Crippen LogP contribution is 2.08. The quantitative estimate of drug-likeness (QED) is 0.762. The molecule has 15 heavy (non-hydrogen) atoms. The fourth-order valence-electron chi connectivity index (χ4n) is 1.28. The first-order chi connectivity index (χ1) is 7.10. The lowest BCUT2D eigenvalue weighted by Crippen LogP contribution is -2.31. The molecule has 1 heterocycles. The van der Waals surface area contributed by atoms with Crippen molar-refractivity contribution in [1.29, 1.82) is 0 Å². The van der Waals surface area contributed by atoms with Crippen LogP contribution in [0.25, 0.3) is 0 Å². The van der Waals surface area contributed by atoms with E-state index in [1.807, 2.05) is 19.1 Å². The largest absolute Gasteiger partial charge is 0.264 e. The zero-order chi connectivity index (χ0) is 11.3. The van der Waals surface area contributed by atoms with Crippen molar-refractivity contribution in [2.24, 2.45) is 0 Å². The third kappa shape index (κ3) is 3.28. The van der Waals surface area contributed by atoms with E-state index in [4.69, 9.17) is 0 Å². The van der Waals surface area contributed by atoms with Gasteiger partial charge in [0.2, 0.25) is 10.0 Å². The first-order valence-electron chi connectivity index (χ1n) is 4.97. The smallest absolute Gasteiger partial charge is 0.214 e. The van der Waals surface area contributed by atoms with Crippen molar-refractivity contribution < 1.29 is 8.42 Å². The minimum Gasteiger partial charge on any atom is -0.264 e. The molecule has 0 aliphatic heterocycles. The van der Waals surface area contributed by atoms with E-state index in [1.165, 1.54) is 4.31 Å². The Kier molecular flexibility index (Phi) is 4.23. The normalized spacial score (nSPS) is 11.9. The van der Waals surface area contributed by atoms with E-state index in [9.17, 15) is 8.42 Å². The second-order valence-electron chi connectivity index (χ2n) is 3.19. The van der Waals surface area contributed by atoms with Gasteiger partial charge in [0.1, 0.15) is 0 Å². The van der Waals surface area contributed by atoms with E-state index >= 15 is 0 Å². The van der Waals surface area contributed by atoms with E-state index < -0.39 is 10.0 Å². The highest BCUT2D eigenvalue weighted by molar-refractivity contribution is 7.89. The van der Waals surface area contributed by atoms with E-state index in [0.29, 0.717) is 13.1 Å². The van der Waals surface area contributed by atoms with Crippen molar-refractivity contribution in [3.05, 3.63) is 30.1 Å². The maximum absolute atomic E-state index is 11.6. The Morgan fingerprint density at radius 3 is 2.60 bits per heavy atom. The lowest BCUT2D eigenvalue weighted by atomic mass is 10.3. The first-order valence-corrected chi connectivity index (χ1v) is 6.57. The Bertz CT molecular complexity index is 389. The summed E-state index contributed by atoms with van der Waals surface area (Å²) in [6.07, 6.45) is 3.36. The van der Waals surface area contributed by atoms with Crippen molar-refractivity contribution in [2.45, 2.75) is 20.4 Å². The molecule has 0 fully saturated rings. The topological polar surface area (TPSA) is 50.3 Å². The molecule has 0 unspecified atom stereocenters. The maximum atomic E-state index is 11.6. The van der Waals surface area contributed by atoms with Crippen LogP contribution >= 0.6 is 0 Å². The summed E-state index contributed by atoms with van der Waals surface area (Å²) < 4.78 is 24.7. The van der Waals surface area contributed by atoms with Gasteiger partial charge in [-0.2, -0.15) is 4.31 Å². The molecule has 0 atom stereocenters. The zero-order valence-electron chi connectivity index (χ0n) is 9.05. The maximum Gasteiger partial charge on any atom is 0.214 e. The molecule has 0 N–H and O–H groups in total. The van der Waals surface area contributed by atoms with Crippen molar-refractivity contribution >= 4 is 10.0 Å². The van der Waals surface area contributed by atoms with Crippen LogP contribution in [0.15, 0.2) is 24.5 Å². The van der Waals surface area contributed by atoms with Crippen LogP contribution in [0.2, 0.25) is 0 Å². The number of sulfonamides is 1. The van der Waals surface area contributed by atoms with E-state index in [0.717, 1.165) is 5.56 Å². The van der Waals surface area contributed by atoms with E-state index in [1.54, 1.807) is 19.3 Å². The molecule has 5 heteroatoms. The summed E-state index contributed by atoms with van der Waals surface area (Å²) in [6.45, 7) is 4.39. The van der Waals surface area contributed by atoms with Crippen LogP contribution in [0.3, 0.4) is 0 Å². The molecule has 0 amide bonds. The zero-order valence-corrected chi connectivity index (χ0v) is 9.87. The monoisotopic (exact) mass is 228 g/mol. The highest BCUT2D eigenvalue weighted by Gasteiger charge is 2.17. The number of hydrogen-bond donors (Lipinski definition) is 0. The van der Waals surface area contributed by atoms with Crippen molar-refractivity contribution in [3.8, 4) is 0 Å². The van der Waals surface area contributed by atoms with Crippen LogP contribution in [0, 0.1) is 0 Å². The molecule has 0 aliphatic carbocycles. The first kappa shape index (κ1) is 12.1. The Morgan fingerprint density at radius 1 is 1.40 bits per heavy atom. The Morgan fingerprint density at radius 2 is 2.13 bits per heavy atom. The van der Waals surface area contributed by atoms with Gasteiger partial charge in [-0.3, -0.25) is 4.98 Å². The van der Waals surface area contributed by atoms with E-state index in [-0.39, 0.29) is 5.75 Å². The van der Waals surface area contributed by atoms with Gasteiger partial charge in [-0.1, -0.05) is 13.0 Å². The summed E-state index contributed by atoms with van der Waals surface area (Å²) in [5.41, 5.74) is 0.913. The third-order valence-electron chi connectivity index (χ3n) is 2.19. The van der Waals surface area contributed by atoms with Gasteiger partial charge in [0, 0.05) is 25.5 Å². The van der Waals surface area contributed by atoms with E-state index in [2.05, 4.69) is 4.98 Å². The molecule has 0 aliphatic rings. The van der Waals surface area contributed by atoms with Gasteiger partial charge in [0.05, 0.1) is 5.75 Å². The van der Waals surface area contributed by atoms with Crippen LogP contribution < -0.4 is 0 Å². The number of hydrogen-bond acceptors (Lipinski definition) is 3. The molecule has 0 saturated carbocycles. The molecule has 4 nitrogen and oxygen atoms in total. The molecular formula is C10H16N2O2S. The molecule has 0 spiro atoms. The summed E-state index contributed by atoms with van der Waals surface area (Å²) in [4.78, 5) is 3.96. The standard InChI is InChI=1S/C10H16N2O2S/c1-3-12(15(13,14)4-2)9-10-6-5-7-11-8-10/h5-8H,3-4,9H2,1-2H3. The third-order valence-corrected chi connectivity index (χ3v) is 4.10. The lowest BCUT2D eigenvalue weighted by molar-refractivity contribution is 0.424. The second kappa shape index (κ2) is 5.23. The number of pyridine rings is 1. The van der Waals surface area contributed by atoms with Crippen LogP contribution in [-0.2, 0) is 16.6 Å². The summed E-state index contributed by atoms with van der Waals surface area (Å²) >= 11 is 0. The molecule has 0 aromatic carbocycles. The number of nitrogens with zero attached hydrogens (tertiary/aromatic N) is 2. The fourth-order valence-corrected chi connectivity index (χ4v) is 2.39. The van der Waals surface area contributed by atoms with Crippen LogP contribution in [-0.4, -0.2) is 30.0 Å². The van der Waals surface area contributed by atoms with Crippen LogP contribution in [0.1, 0.15) is 19.4 Å². The Hall–Kier alpha value is -0.940. The molecule has 0 radical (unpaired) electrons. The van der Waals surface area contributed by atoms with Crippen molar-refractivity contribution in [2.75, 3.05) is 12.3 Å². The molecule has 0 saturated heterocycles. The molecule has 0 bridgehead atoms. The molecule has 84 valence electrons. The number of aromatic nitrogens is 1. The minimum absolute atomic E-state index is 0.140. The molecular weight excluding hydrogens is 212 g/mol.